The van der Waals surface area contributed by atoms with E-state index in [0.717, 1.165) is 11.1 Å². The number of benzene rings is 1. The van der Waals surface area contributed by atoms with Gasteiger partial charge in [-0.3, -0.25) is 24.1 Å². The summed E-state index contributed by atoms with van der Waals surface area (Å²) in [6, 6.07) is 2.29. The minimum Gasteiger partial charge on any atom is -0.467 e. The smallest absolute Gasteiger partial charge is 0.328 e. The van der Waals surface area contributed by atoms with Crippen LogP contribution in [0.3, 0.4) is 0 Å². The molecule has 2 heterocycles. The molecule has 3 rings (SSSR count). The molecule has 0 radical (unpaired) electrons. The Morgan fingerprint density at radius 1 is 1.09 bits per heavy atom. The number of carbonyl (C=O) groups is 5. The quantitative estimate of drug-likeness (QED) is 0.486. The molecule has 0 saturated heterocycles. The van der Waals surface area contributed by atoms with Crippen LogP contribution in [0.15, 0.2) is 18.2 Å². The number of rotatable bonds is 7. The van der Waals surface area contributed by atoms with E-state index in [9.17, 15) is 24.0 Å². The van der Waals surface area contributed by atoms with Gasteiger partial charge in [-0.25, -0.2) is 4.79 Å². The fraction of sp³-hybridized carbons (Fsp3) is 0.542. The van der Waals surface area contributed by atoms with Crippen molar-refractivity contribution in [2.75, 3.05) is 12.0 Å². The fourth-order valence-corrected chi connectivity index (χ4v) is 4.54. The molecule has 34 heavy (non-hydrogen) atoms. The summed E-state index contributed by atoms with van der Waals surface area (Å²) in [5.74, 6) is -2.43. The number of nitrogens with zero attached hydrogens (tertiary/aromatic N) is 1. The number of carbonyl (C=O) groups excluding carboxylic acids is 5. The van der Waals surface area contributed by atoms with Gasteiger partial charge in [-0.1, -0.05) is 32.0 Å². The first-order chi connectivity index (χ1) is 16.0. The van der Waals surface area contributed by atoms with Crippen molar-refractivity contribution in [3.63, 3.8) is 0 Å². The van der Waals surface area contributed by atoms with Crippen LogP contribution >= 0.6 is 0 Å². The van der Waals surface area contributed by atoms with Crippen molar-refractivity contribution in [2.45, 2.75) is 71.1 Å². The third-order valence-electron chi connectivity index (χ3n) is 6.25. The highest BCUT2D eigenvalue weighted by Gasteiger charge is 2.44. The maximum Gasteiger partial charge on any atom is 0.328 e. The average molecular weight is 473 g/mol. The van der Waals surface area contributed by atoms with Gasteiger partial charge >= 0.3 is 5.97 Å². The van der Waals surface area contributed by atoms with Gasteiger partial charge in [0, 0.05) is 13.3 Å². The third-order valence-corrected chi connectivity index (χ3v) is 6.25. The van der Waals surface area contributed by atoms with Crippen molar-refractivity contribution in [2.24, 2.45) is 5.92 Å². The van der Waals surface area contributed by atoms with Gasteiger partial charge in [0.1, 0.15) is 24.2 Å². The number of para-hydroxylation sites is 1. The van der Waals surface area contributed by atoms with E-state index < -0.39 is 47.9 Å². The average Bonchev–Trinajstić information content (AvgIpc) is 3.12. The van der Waals surface area contributed by atoms with E-state index in [1.165, 1.54) is 25.9 Å². The molecule has 184 valence electrons. The Balaban J connectivity index is 1.87. The van der Waals surface area contributed by atoms with Crippen molar-refractivity contribution in [1.29, 1.82) is 0 Å². The van der Waals surface area contributed by atoms with Gasteiger partial charge in [0.15, 0.2) is 0 Å². The lowest BCUT2D eigenvalue weighted by Gasteiger charge is -2.29. The molecule has 0 aliphatic carbocycles. The molecule has 0 saturated carbocycles. The number of esters is 1. The van der Waals surface area contributed by atoms with Gasteiger partial charge in [-0.15, -0.1) is 0 Å². The second-order valence-electron chi connectivity index (χ2n) is 9.13. The molecule has 4 amide bonds. The number of hydrogen-bond acceptors (Lipinski definition) is 6. The van der Waals surface area contributed by atoms with Crippen LogP contribution in [-0.2, 0) is 41.6 Å². The Bertz CT molecular complexity index is 1010. The monoisotopic (exact) mass is 472 g/mol. The van der Waals surface area contributed by atoms with E-state index in [0.29, 0.717) is 24.9 Å². The van der Waals surface area contributed by atoms with Crippen LogP contribution in [0.1, 0.15) is 45.2 Å². The number of methoxy groups -OCH3 is 1. The predicted octanol–water partition coefficient (Wildman–Crippen LogP) is 0.214. The molecule has 1 unspecified atom stereocenters. The van der Waals surface area contributed by atoms with Crippen molar-refractivity contribution >= 4 is 35.3 Å². The Labute approximate surface area is 198 Å². The van der Waals surface area contributed by atoms with E-state index in [2.05, 4.69) is 20.7 Å². The molecule has 2 aliphatic rings. The lowest BCUT2D eigenvalue weighted by atomic mass is 10.00. The highest BCUT2D eigenvalue weighted by atomic mass is 16.5. The van der Waals surface area contributed by atoms with Gasteiger partial charge < -0.3 is 20.7 Å². The third kappa shape index (κ3) is 5.05. The van der Waals surface area contributed by atoms with Gasteiger partial charge in [0.25, 0.3) is 0 Å². The van der Waals surface area contributed by atoms with Crippen LogP contribution in [0.5, 0.6) is 0 Å². The van der Waals surface area contributed by atoms with Crippen molar-refractivity contribution < 1.29 is 28.7 Å². The molecule has 1 aromatic rings. The maximum atomic E-state index is 13.7. The first-order valence-corrected chi connectivity index (χ1v) is 11.4. The van der Waals surface area contributed by atoms with Crippen LogP contribution in [-0.4, -0.2) is 60.9 Å². The zero-order valence-electron chi connectivity index (χ0n) is 20.1. The van der Waals surface area contributed by atoms with Gasteiger partial charge in [0.05, 0.1) is 12.8 Å². The molecule has 0 fully saturated rings. The number of nitrogens with one attached hydrogen (secondary N) is 3. The molecule has 10 nitrogen and oxygen atoms in total. The number of amides is 4. The van der Waals surface area contributed by atoms with E-state index in [-0.39, 0.29) is 11.8 Å². The summed E-state index contributed by atoms with van der Waals surface area (Å²) in [5.41, 5.74) is 2.47. The molecule has 4 atom stereocenters. The second kappa shape index (κ2) is 10.2. The van der Waals surface area contributed by atoms with Gasteiger partial charge in [-0.2, -0.15) is 0 Å². The summed E-state index contributed by atoms with van der Waals surface area (Å²) in [6.07, 6.45) is 1.20. The summed E-state index contributed by atoms with van der Waals surface area (Å²) in [4.78, 5) is 64.5. The van der Waals surface area contributed by atoms with E-state index in [4.69, 9.17) is 0 Å². The van der Waals surface area contributed by atoms with Gasteiger partial charge in [-0.05, 0) is 36.8 Å². The van der Waals surface area contributed by atoms with Crippen molar-refractivity contribution in [3.8, 4) is 0 Å². The first-order valence-electron chi connectivity index (χ1n) is 11.4. The minimum absolute atomic E-state index is 0.182. The highest BCUT2D eigenvalue weighted by molar-refractivity contribution is 6.08. The largest absolute Gasteiger partial charge is 0.467 e. The zero-order chi connectivity index (χ0) is 25.2. The Hall–Kier alpha value is -3.43. The molecule has 2 aliphatic heterocycles. The standard InChI is InChI=1S/C24H32N4O6/c1-12(2)19(26-14(4)29)22(31)27-17-10-9-15-7-6-8-16-11-18(28(20(15)16)23(17)32)21(30)25-13(3)24(33)34-5/h6-8,12-13,17-19H,9-11H2,1-5H3,(H,25,30)(H,26,29)(H,27,31)/t13?,17-,18-,19-/m0/s1. The number of hydrogen-bond donors (Lipinski definition) is 3. The summed E-state index contributed by atoms with van der Waals surface area (Å²) in [6.45, 7) is 6.46. The summed E-state index contributed by atoms with van der Waals surface area (Å²) >= 11 is 0. The summed E-state index contributed by atoms with van der Waals surface area (Å²) in [5, 5.41) is 8.05. The Morgan fingerprint density at radius 3 is 2.38 bits per heavy atom. The molecule has 0 bridgehead atoms. The highest BCUT2D eigenvalue weighted by Crippen LogP contribution is 2.39. The van der Waals surface area contributed by atoms with Crippen LogP contribution in [0.2, 0.25) is 0 Å². The Morgan fingerprint density at radius 2 is 1.76 bits per heavy atom. The van der Waals surface area contributed by atoms with Crippen LogP contribution in [0, 0.1) is 5.92 Å². The lowest BCUT2D eigenvalue weighted by molar-refractivity contribution is -0.144. The molecule has 0 spiro atoms. The molecular weight excluding hydrogens is 440 g/mol. The van der Waals surface area contributed by atoms with E-state index >= 15 is 0 Å². The second-order valence-corrected chi connectivity index (χ2v) is 9.13. The topological polar surface area (TPSA) is 134 Å². The molecule has 1 aromatic carbocycles. The Kier molecular flexibility index (Phi) is 7.58. The van der Waals surface area contributed by atoms with Crippen LogP contribution in [0.4, 0.5) is 5.69 Å². The normalized spacial score (nSPS) is 20.6. The van der Waals surface area contributed by atoms with Crippen molar-refractivity contribution in [3.05, 3.63) is 29.3 Å². The minimum atomic E-state index is -0.872. The van der Waals surface area contributed by atoms with Crippen molar-refractivity contribution in [1.82, 2.24) is 16.0 Å². The first kappa shape index (κ1) is 25.2. The van der Waals surface area contributed by atoms with Crippen LogP contribution in [0.25, 0.3) is 0 Å². The van der Waals surface area contributed by atoms with E-state index in [1.807, 2.05) is 18.2 Å². The predicted molar refractivity (Wildman–Crippen MR) is 124 cm³/mol. The summed E-state index contributed by atoms with van der Waals surface area (Å²) < 4.78 is 4.68. The van der Waals surface area contributed by atoms with E-state index in [1.54, 1.807) is 13.8 Å². The molecular formula is C24H32N4O6. The maximum absolute atomic E-state index is 13.7. The number of anilines is 1. The van der Waals surface area contributed by atoms with Gasteiger partial charge in [0.2, 0.25) is 23.6 Å². The zero-order valence-corrected chi connectivity index (χ0v) is 20.1. The summed E-state index contributed by atoms with van der Waals surface area (Å²) in [7, 11) is 1.24. The van der Waals surface area contributed by atoms with Crippen LogP contribution < -0.4 is 20.9 Å². The molecule has 0 aromatic heterocycles. The lowest BCUT2D eigenvalue weighted by Crippen LogP contribution is -2.58. The fourth-order valence-electron chi connectivity index (χ4n) is 4.54. The molecule has 3 N–H and O–H groups in total. The SMILES string of the molecule is COC(=O)C(C)NC(=O)[C@@H]1Cc2cccc3c2N1C(=O)[C@@H](NC(=O)[C@@H](NC(C)=O)C(C)C)CC3. The molecule has 10 heteroatoms. The number of ether oxygens (including phenoxy) is 1. The number of aryl methyl sites for hydroxylation is 1.